The molecule has 0 radical (unpaired) electrons. The lowest BCUT2D eigenvalue weighted by atomic mass is 9.98. The number of hydrogen-bond acceptors (Lipinski definition) is 4. The normalized spacial score (nSPS) is 23.5. The number of rotatable bonds is 8. The van der Waals surface area contributed by atoms with Crippen LogP contribution >= 0.6 is 0 Å². The Labute approximate surface area is 196 Å². The lowest BCUT2D eigenvalue weighted by Crippen LogP contribution is -2.35. The van der Waals surface area contributed by atoms with Crippen LogP contribution in [0, 0.1) is 11.8 Å². The molecule has 4 heteroatoms. The first-order chi connectivity index (χ1) is 16.3. The van der Waals surface area contributed by atoms with Gasteiger partial charge in [-0.15, -0.1) is 0 Å². The zero-order valence-corrected chi connectivity index (χ0v) is 18.9. The van der Waals surface area contributed by atoms with E-state index >= 15 is 0 Å². The van der Waals surface area contributed by atoms with Gasteiger partial charge in [0, 0.05) is 25.0 Å². The molecule has 3 aromatic carbocycles. The smallest absolute Gasteiger partial charge is 0.231 e. The molecule has 3 unspecified atom stereocenters. The molecule has 0 aromatic heterocycles. The molecule has 0 N–H and O–H groups in total. The van der Waals surface area contributed by atoms with Crippen LogP contribution in [0.2, 0.25) is 0 Å². The molecule has 1 saturated carbocycles. The summed E-state index contributed by atoms with van der Waals surface area (Å²) in [6.07, 6.45) is 3.67. The van der Waals surface area contributed by atoms with Crippen LogP contribution in [0.4, 0.5) is 0 Å². The molecule has 1 saturated heterocycles. The van der Waals surface area contributed by atoms with E-state index in [1.807, 2.05) is 6.07 Å². The molecule has 4 nitrogen and oxygen atoms in total. The van der Waals surface area contributed by atoms with Crippen molar-refractivity contribution < 1.29 is 14.2 Å². The summed E-state index contributed by atoms with van der Waals surface area (Å²) >= 11 is 0. The van der Waals surface area contributed by atoms with Crippen LogP contribution in [0.3, 0.4) is 0 Å². The van der Waals surface area contributed by atoms with Gasteiger partial charge in [0.25, 0.3) is 0 Å². The Hall–Kier alpha value is -2.82. The fraction of sp³-hybridized carbons (Fsp3) is 0.379. The Morgan fingerprint density at radius 3 is 2.33 bits per heavy atom. The van der Waals surface area contributed by atoms with Crippen molar-refractivity contribution in [3.63, 3.8) is 0 Å². The summed E-state index contributed by atoms with van der Waals surface area (Å²) in [5.74, 6) is 3.12. The molecule has 0 amide bonds. The Morgan fingerprint density at radius 2 is 1.58 bits per heavy atom. The first-order valence-corrected chi connectivity index (χ1v) is 12.2. The number of nitrogens with zero attached hydrogens (tertiary/aromatic N) is 1. The number of hydrogen-bond donors (Lipinski definition) is 0. The molecule has 2 fully saturated rings. The van der Waals surface area contributed by atoms with E-state index in [1.165, 1.54) is 36.1 Å². The molecule has 2 aliphatic heterocycles. The SMILES string of the molecule is c1ccc(C(OCC2C3CCC2N(CCc2ccc4c(c2)OCO4)C3)c2ccccc2)cc1. The van der Waals surface area contributed by atoms with Crippen molar-refractivity contribution in [1.29, 1.82) is 0 Å². The van der Waals surface area contributed by atoms with Gasteiger partial charge in [0.2, 0.25) is 6.79 Å². The van der Waals surface area contributed by atoms with Crippen molar-refractivity contribution in [2.24, 2.45) is 11.8 Å². The Balaban J connectivity index is 1.10. The maximum Gasteiger partial charge on any atom is 0.231 e. The predicted octanol–water partition coefficient (Wildman–Crippen LogP) is 5.47. The summed E-state index contributed by atoms with van der Waals surface area (Å²) in [6.45, 7) is 3.45. The highest BCUT2D eigenvalue weighted by molar-refractivity contribution is 5.44. The van der Waals surface area contributed by atoms with Crippen LogP contribution in [0.1, 0.15) is 35.6 Å². The molecule has 0 spiro atoms. The topological polar surface area (TPSA) is 30.9 Å². The summed E-state index contributed by atoms with van der Waals surface area (Å²) in [5, 5.41) is 0. The van der Waals surface area contributed by atoms with Gasteiger partial charge in [0.15, 0.2) is 11.5 Å². The number of piperidine rings is 1. The van der Waals surface area contributed by atoms with E-state index < -0.39 is 0 Å². The number of benzene rings is 3. The van der Waals surface area contributed by atoms with E-state index in [1.54, 1.807) is 0 Å². The molecule has 3 aromatic rings. The average Bonchev–Trinajstić information content (AvgIpc) is 3.58. The van der Waals surface area contributed by atoms with Crippen molar-refractivity contribution in [2.45, 2.75) is 31.4 Å². The van der Waals surface area contributed by atoms with Crippen molar-refractivity contribution in [3.8, 4) is 11.5 Å². The third-order valence-corrected chi connectivity index (χ3v) is 7.66. The largest absolute Gasteiger partial charge is 0.454 e. The highest BCUT2D eigenvalue weighted by Crippen LogP contribution is 2.44. The van der Waals surface area contributed by atoms with Crippen molar-refractivity contribution in [1.82, 2.24) is 4.90 Å². The molecular weight excluding hydrogens is 410 g/mol. The lowest BCUT2D eigenvalue weighted by Gasteiger charge is -2.28. The second-order valence-corrected chi connectivity index (χ2v) is 9.54. The fourth-order valence-corrected chi connectivity index (χ4v) is 5.97. The van der Waals surface area contributed by atoms with E-state index in [2.05, 4.69) is 77.7 Å². The third-order valence-electron chi connectivity index (χ3n) is 7.66. The van der Waals surface area contributed by atoms with Gasteiger partial charge >= 0.3 is 0 Å². The van der Waals surface area contributed by atoms with Crippen LogP contribution < -0.4 is 9.47 Å². The third kappa shape index (κ3) is 4.25. The highest BCUT2D eigenvalue weighted by Gasteiger charge is 2.46. The minimum atomic E-state index is -0.00511. The monoisotopic (exact) mass is 441 g/mol. The van der Waals surface area contributed by atoms with Crippen molar-refractivity contribution >= 4 is 0 Å². The van der Waals surface area contributed by atoms with Gasteiger partial charge in [-0.05, 0) is 54.0 Å². The Kier molecular flexibility index (Phi) is 5.79. The summed E-state index contributed by atoms with van der Waals surface area (Å²) in [4.78, 5) is 2.70. The minimum Gasteiger partial charge on any atom is -0.454 e. The average molecular weight is 442 g/mol. The molecule has 1 aliphatic carbocycles. The highest BCUT2D eigenvalue weighted by atomic mass is 16.7. The van der Waals surface area contributed by atoms with Gasteiger partial charge in [0.1, 0.15) is 6.10 Å². The zero-order chi connectivity index (χ0) is 22.0. The Morgan fingerprint density at radius 1 is 0.848 bits per heavy atom. The molecule has 2 heterocycles. The molecule has 2 bridgehead atoms. The second kappa shape index (κ2) is 9.20. The zero-order valence-electron chi connectivity index (χ0n) is 18.9. The van der Waals surface area contributed by atoms with Crippen molar-refractivity contribution in [2.75, 3.05) is 26.5 Å². The molecule has 3 aliphatic rings. The van der Waals surface area contributed by atoms with Crippen LogP contribution in [0.25, 0.3) is 0 Å². The summed E-state index contributed by atoms with van der Waals surface area (Å²) in [6, 6.07) is 28.3. The van der Waals surface area contributed by atoms with E-state index in [9.17, 15) is 0 Å². The number of fused-ring (bicyclic) bond motifs is 3. The fourth-order valence-electron chi connectivity index (χ4n) is 5.97. The first-order valence-electron chi connectivity index (χ1n) is 12.2. The van der Waals surface area contributed by atoms with E-state index in [4.69, 9.17) is 14.2 Å². The van der Waals surface area contributed by atoms with Gasteiger partial charge in [-0.2, -0.15) is 0 Å². The Bertz CT molecular complexity index is 1030. The minimum absolute atomic E-state index is 0.00511. The second-order valence-electron chi connectivity index (χ2n) is 9.54. The van der Waals surface area contributed by atoms with Crippen LogP contribution in [0.5, 0.6) is 11.5 Å². The summed E-state index contributed by atoms with van der Waals surface area (Å²) in [7, 11) is 0. The van der Waals surface area contributed by atoms with E-state index in [0.29, 0.717) is 18.8 Å². The number of ether oxygens (including phenoxy) is 3. The number of likely N-dealkylation sites (tertiary alicyclic amines) is 1. The van der Waals surface area contributed by atoms with Crippen LogP contribution in [-0.4, -0.2) is 37.4 Å². The molecule has 3 atom stereocenters. The van der Waals surface area contributed by atoms with E-state index in [-0.39, 0.29) is 6.10 Å². The van der Waals surface area contributed by atoms with Gasteiger partial charge < -0.3 is 14.2 Å². The van der Waals surface area contributed by atoms with Gasteiger partial charge in [-0.25, -0.2) is 0 Å². The molecule has 6 rings (SSSR count). The van der Waals surface area contributed by atoms with Crippen LogP contribution in [-0.2, 0) is 11.2 Å². The van der Waals surface area contributed by atoms with Gasteiger partial charge in [-0.3, -0.25) is 4.90 Å². The molecular formula is C29H31NO3. The van der Waals surface area contributed by atoms with E-state index in [0.717, 1.165) is 37.0 Å². The first kappa shape index (κ1) is 20.8. The maximum absolute atomic E-state index is 6.68. The predicted molar refractivity (Wildman–Crippen MR) is 129 cm³/mol. The van der Waals surface area contributed by atoms with Gasteiger partial charge in [-0.1, -0.05) is 66.7 Å². The molecule has 170 valence electrons. The van der Waals surface area contributed by atoms with Crippen LogP contribution in [0.15, 0.2) is 78.9 Å². The molecule has 33 heavy (non-hydrogen) atoms. The standard InChI is InChI=1S/C29H31NO3/c1-3-7-22(8-4-1)29(23-9-5-2-6-10-23)31-19-25-24-12-13-26(25)30(18-24)16-15-21-11-14-27-28(17-21)33-20-32-27/h1-11,14,17,24-26,29H,12-13,15-16,18-20H2. The van der Waals surface area contributed by atoms with Crippen molar-refractivity contribution in [3.05, 3.63) is 95.6 Å². The quantitative estimate of drug-likeness (QED) is 0.464. The maximum atomic E-state index is 6.68. The summed E-state index contributed by atoms with van der Waals surface area (Å²) in [5.41, 5.74) is 3.78. The van der Waals surface area contributed by atoms with Gasteiger partial charge in [0.05, 0.1) is 6.61 Å². The summed E-state index contributed by atoms with van der Waals surface area (Å²) < 4.78 is 17.7. The lowest BCUT2D eigenvalue weighted by molar-refractivity contribution is 0.0416.